The number of nitrogens with one attached hydrogen (secondary N) is 1. The molecule has 0 bridgehead atoms. The second-order valence-corrected chi connectivity index (χ2v) is 13.8. The van der Waals surface area contributed by atoms with Crippen molar-refractivity contribution in [3.8, 4) is 5.75 Å². The average molecular weight is 662 g/mol. The van der Waals surface area contributed by atoms with Crippen LogP contribution in [0.1, 0.15) is 36.1 Å². The van der Waals surface area contributed by atoms with E-state index in [9.17, 15) is 18.0 Å². The van der Waals surface area contributed by atoms with Crippen LogP contribution in [-0.4, -0.2) is 50.9 Å². The Morgan fingerprint density at radius 1 is 0.848 bits per heavy atom. The first-order valence-corrected chi connectivity index (χ1v) is 16.8. The highest BCUT2D eigenvalue weighted by molar-refractivity contribution is 7.92. The van der Waals surface area contributed by atoms with Crippen LogP contribution in [0.2, 0.25) is 5.02 Å². The fraction of sp³-hybridized carbons (Fsp3) is 0.278. The highest BCUT2D eigenvalue weighted by atomic mass is 35.5. The Labute approximate surface area is 277 Å². The van der Waals surface area contributed by atoms with Gasteiger partial charge < -0.3 is 15.0 Å². The van der Waals surface area contributed by atoms with Crippen molar-refractivity contribution in [3.05, 3.63) is 124 Å². The lowest BCUT2D eigenvalue weighted by atomic mass is 10.0. The van der Waals surface area contributed by atoms with Gasteiger partial charge in [-0.05, 0) is 69.2 Å². The van der Waals surface area contributed by atoms with Crippen molar-refractivity contribution >= 4 is 39.1 Å². The number of ether oxygens (including phenoxy) is 1. The van der Waals surface area contributed by atoms with Gasteiger partial charge in [0, 0.05) is 24.0 Å². The number of anilines is 1. The molecule has 10 heteroatoms. The molecule has 4 rings (SSSR count). The van der Waals surface area contributed by atoms with Gasteiger partial charge in [-0.1, -0.05) is 89.5 Å². The molecule has 46 heavy (non-hydrogen) atoms. The number of carbonyl (C=O) groups excluding carboxylic acids is 2. The molecule has 0 aromatic heterocycles. The number of rotatable bonds is 13. The smallest absolute Gasteiger partial charge is 0.264 e. The number of hydrogen-bond acceptors (Lipinski definition) is 5. The summed E-state index contributed by atoms with van der Waals surface area (Å²) in [5, 5.41) is 3.23. The Balaban J connectivity index is 1.86. The van der Waals surface area contributed by atoms with Crippen LogP contribution in [0.3, 0.4) is 0 Å². The normalized spacial score (nSPS) is 12.0. The first kappa shape index (κ1) is 34.5. The van der Waals surface area contributed by atoms with Gasteiger partial charge in [-0.2, -0.15) is 0 Å². The summed E-state index contributed by atoms with van der Waals surface area (Å²) in [6.45, 7) is 6.98. The molecule has 0 saturated carbocycles. The van der Waals surface area contributed by atoms with Gasteiger partial charge in [-0.3, -0.25) is 13.9 Å². The molecule has 0 fully saturated rings. The molecule has 4 aromatic rings. The number of nitrogens with zero attached hydrogens (tertiary/aromatic N) is 2. The zero-order chi connectivity index (χ0) is 33.4. The zero-order valence-corrected chi connectivity index (χ0v) is 28.3. The number of halogens is 1. The summed E-state index contributed by atoms with van der Waals surface area (Å²) >= 11 is 6.36. The van der Waals surface area contributed by atoms with E-state index in [-0.39, 0.29) is 46.3 Å². The first-order chi connectivity index (χ1) is 21.9. The SMILES string of the molecule is COc1ccc(Cl)cc1N(CC(=O)N(Cc1cccc(C)c1)C(Cc1ccccc1)C(=O)NC(C)C)S(=O)(=O)c1ccc(C)cc1. The minimum absolute atomic E-state index is 0.00320. The Hall–Kier alpha value is -4.34. The zero-order valence-electron chi connectivity index (χ0n) is 26.7. The quantitative estimate of drug-likeness (QED) is 0.181. The summed E-state index contributed by atoms with van der Waals surface area (Å²) in [7, 11) is -2.89. The molecule has 1 atom stereocenters. The van der Waals surface area contributed by atoms with Crippen LogP contribution in [0.15, 0.2) is 102 Å². The molecular formula is C36H40ClN3O5S. The highest BCUT2D eigenvalue weighted by Gasteiger charge is 2.36. The lowest BCUT2D eigenvalue weighted by Gasteiger charge is -2.34. The second-order valence-electron chi connectivity index (χ2n) is 11.5. The minimum Gasteiger partial charge on any atom is -0.495 e. The molecule has 4 aromatic carbocycles. The van der Waals surface area contributed by atoms with E-state index in [1.54, 1.807) is 24.3 Å². The maximum Gasteiger partial charge on any atom is 0.264 e. The van der Waals surface area contributed by atoms with Gasteiger partial charge in [0.05, 0.1) is 17.7 Å². The van der Waals surface area contributed by atoms with Crippen LogP contribution < -0.4 is 14.4 Å². The molecule has 0 aliphatic heterocycles. The predicted octanol–water partition coefficient (Wildman–Crippen LogP) is 6.33. The molecule has 0 aliphatic carbocycles. The van der Waals surface area contributed by atoms with Crippen molar-refractivity contribution < 1.29 is 22.7 Å². The van der Waals surface area contributed by atoms with Gasteiger partial charge in [0.25, 0.3) is 10.0 Å². The predicted molar refractivity (Wildman–Crippen MR) is 183 cm³/mol. The molecule has 0 radical (unpaired) electrons. The Morgan fingerprint density at radius 3 is 2.15 bits per heavy atom. The van der Waals surface area contributed by atoms with Crippen molar-refractivity contribution in [3.63, 3.8) is 0 Å². The topological polar surface area (TPSA) is 96.0 Å². The molecule has 0 aliphatic rings. The van der Waals surface area contributed by atoms with Crippen LogP contribution in [0.25, 0.3) is 0 Å². The minimum atomic E-state index is -4.31. The van der Waals surface area contributed by atoms with Gasteiger partial charge in [0.15, 0.2) is 0 Å². The number of benzene rings is 4. The van der Waals surface area contributed by atoms with Crippen LogP contribution in [-0.2, 0) is 32.6 Å². The van der Waals surface area contributed by atoms with E-state index < -0.39 is 28.5 Å². The molecule has 1 N–H and O–H groups in total. The first-order valence-electron chi connectivity index (χ1n) is 15.0. The molecule has 0 saturated heterocycles. The number of amides is 2. The fourth-order valence-electron chi connectivity index (χ4n) is 5.15. The second kappa shape index (κ2) is 15.3. The van der Waals surface area contributed by atoms with Gasteiger partial charge in [-0.15, -0.1) is 0 Å². The molecule has 0 heterocycles. The van der Waals surface area contributed by atoms with E-state index in [2.05, 4.69) is 5.32 Å². The van der Waals surface area contributed by atoms with E-state index in [0.717, 1.165) is 26.6 Å². The van der Waals surface area contributed by atoms with Crippen molar-refractivity contribution in [2.24, 2.45) is 0 Å². The maximum absolute atomic E-state index is 14.6. The Morgan fingerprint density at radius 2 is 1.52 bits per heavy atom. The molecule has 0 spiro atoms. The summed E-state index contributed by atoms with van der Waals surface area (Å²) in [4.78, 5) is 29.9. The van der Waals surface area contributed by atoms with Crippen LogP contribution in [0, 0.1) is 13.8 Å². The number of hydrogen-bond donors (Lipinski definition) is 1. The van der Waals surface area contributed by atoms with E-state index in [0.29, 0.717) is 0 Å². The highest BCUT2D eigenvalue weighted by Crippen LogP contribution is 2.35. The van der Waals surface area contributed by atoms with Crippen LogP contribution in [0.5, 0.6) is 5.75 Å². The van der Waals surface area contributed by atoms with Crippen molar-refractivity contribution in [2.45, 2.75) is 57.6 Å². The van der Waals surface area contributed by atoms with Crippen molar-refractivity contribution in [2.75, 3.05) is 18.0 Å². The van der Waals surface area contributed by atoms with E-state index >= 15 is 0 Å². The summed E-state index contributed by atoms with van der Waals surface area (Å²) in [6.07, 6.45) is 0.224. The van der Waals surface area contributed by atoms with Crippen molar-refractivity contribution in [1.82, 2.24) is 10.2 Å². The molecular weight excluding hydrogens is 622 g/mol. The third-order valence-electron chi connectivity index (χ3n) is 7.43. The van der Waals surface area contributed by atoms with Crippen LogP contribution >= 0.6 is 11.6 Å². The summed E-state index contributed by atoms with van der Waals surface area (Å²) in [5.41, 5.74) is 3.63. The van der Waals surface area contributed by atoms with Crippen LogP contribution in [0.4, 0.5) is 5.69 Å². The lowest BCUT2D eigenvalue weighted by Crippen LogP contribution is -2.54. The van der Waals surface area contributed by atoms with Gasteiger partial charge in [-0.25, -0.2) is 8.42 Å². The number of sulfonamides is 1. The monoisotopic (exact) mass is 661 g/mol. The van der Waals surface area contributed by atoms with E-state index in [1.165, 1.54) is 30.2 Å². The number of methoxy groups -OCH3 is 1. The molecule has 2 amide bonds. The third kappa shape index (κ3) is 8.68. The summed E-state index contributed by atoms with van der Waals surface area (Å²) in [6, 6.07) is 26.9. The summed E-state index contributed by atoms with van der Waals surface area (Å²) in [5.74, 6) is -0.691. The summed E-state index contributed by atoms with van der Waals surface area (Å²) < 4.78 is 35.1. The Bertz CT molecular complexity index is 1760. The van der Waals surface area contributed by atoms with E-state index in [4.69, 9.17) is 16.3 Å². The van der Waals surface area contributed by atoms with Gasteiger partial charge in [0.2, 0.25) is 11.8 Å². The lowest BCUT2D eigenvalue weighted by molar-refractivity contribution is -0.140. The van der Waals surface area contributed by atoms with Gasteiger partial charge in [0.1, 0.15) is 18.3 Å². The average Bonchev–Trinajstić information content (AvgIpc) is 3.01. The molecule has 242 valence electrons. The molecule has 1 unspecified atom stereocenters. The number of aryl methyl sites for hydroxylation is 2. The maximum atomic E-state index is 14.6. The largest absolute Gasteiger partial charge is 0.495 e. The third-order valence-corrected chi connectivity index (χ3v) is 9.44. The van der Waals surface area contributed by atoms with Crippen molar-refractivity contribution in [1.29, 1.82) is 0 Å². The number of carbonyl (C=O) groups is 2. The molecule has 8 nitrogen and oxygen atoms in total. The standard InChI is InChI=1S/C36H40ClN3O5S/c1-25(2)38-36(42)33(21-28-11-7-6-8-12-28)39(23-29-13-9-10-27(4)20-29)35(41)24-40(32-22-30(37)16-19-34(32)45-5)46(43,44)31-17-14-26(3)15-18-31/h6-20,22,25,33H,21,23-24H2,1-5H3,(H,38,42). The fourth-order valence-corrected chi connectivity index (χ4v) is 6.73. The van der Waals surface area contributed by atoms with Gasteiger partial charge >= 0.3 is 0 Å². The Kier molecular flexibility index (Phi) is 11.5. The van der Waals surface area contributed by atoms with E-state index in [1.807, 2.05) is 82.3 Å².